The number of carboxylic acids is 1. The van der Waals surface area contributed by atoms with Crippen LogP contribution in [-0.2, 0) is 6.42 Å². The molecule has 0 unspecified atom stereocenters. The van der Waals surface area contributed by atoms with Crippen molar-refractivity contribution in [1.82, 2.24) is 4.98 Å². The summed E-state index contributed by atoms with van der Waals surface area (Å²) in [6, 6.07) is 13.3. The van der Waals surface area contributed by atoms with Gasteiger partial charge >= 0.3 is 5.97 Å². The van der Waals surface area contributed by atoms with E-state index < -0.39 is 5.97 Å². The summed E-state index contributed by atoms with van der Waals surface area (Å²) in [5.74, 6) is -0.175. The maximum atomic E-state index is 11.9. The van der Waals surface area contributed by atoms with Gasteiger partial charge in [-0.25, -0.2) is 9.78 Å². The zero-order valence-corrected chi connectivity index (χ0v) is 14.0. The highest BCUT2D eigenvalue weighted by Crippen LogP contribution is 2.31. The first-order valence-corrected chi connectivity index (χ1v) is 7.86. The summed E-state index contributed by atoms with van der Waals surface area (Å²) in [5.41, 5.74) is 4.35. The van der Waals surface area contributed by atoms with Gasteiger partial charge in [-0.15, -0.1) is 0 Å². The molecular weight excluding hydrogens is 302 g/mol. The lowest BCUT2D eigenvalue weighted by atomic mass is 9.96. The lowest BCUT2D eigenvalue weighted by Gasteiger charge is -2.13. The molecule has 0 radical (unpaired) electrons. The van der Waals surface area contributed by atoms with Crippen molar-refractivity contribution >= 4 is 16.9 Å². The van der Waals surface area contributed by atoms with Gasteiger partial charge in [0.05, 0.1) is 23.9 Å². The van der Waals surface area contributed by atoms with Crippen LogP contribution in [0.4, 0.5) is 0 Å². The molecule has 122 valence electrons. The first-order chi connectivity index (χ1) is 11.5. The first kappa shape index (κ1) is 16.0. The summed E-state index contributed by atoms with van der Waals surface area (Å²) in [7, 11) is 1.61. The molecule has 4 heteroatoms. The number of aromatic nitrogens is 1. The van der Waals surface area contributed by atoms with Crippen LogP contribution in [0.1, 0.15) is 28.4 Å². The van der Waals surface area contributed by atoms with Gasteiger partial charge in [-0.2, -0.15) is 0 Å². The lowest BCUT2D eigenvalue weighted by molar-refractivity contribution is 0.0698. The van der Waals surface area contributed by atoms with Crippen molar-refractivity contribution in [3.63, 3.8) is 0 Å². The van der Waals surface area contributed by atoms with E-state index in [1.54, 1.807) is 7.11 Å². The fourth-order valence-corrected chi connectivity index (χ4v) is 2.93. The van der Waals surface area contributed by atoms with Crippen molar-refractivity contribution in [2.75, 3.05) is 7.11 Å². The molecule has 0 saturated heterocycles. The van der Waals surface area contributed by atoms with Crippen molar-refractivity contribution in [1.29, 1.82) is 0 Å². The predicted octanol–water partition coefficient (Wildman–Crippen LogP) is 4.48. The van der Waals surface area contributed by atoms with Gasteiger partial charge < -0.3 is 9.84 Å². The Morgan fingerprint density at radius 1 is 1.17 bits per heavy atom. The van der Waals surface area contributed by atoms with Crippen molar-refractivity contribution in [2.45, 2.75) is 20.3 Å². The zero-order valence-electron chi connectivity index (χ0n) is 14.0. The molecule has 3 aromatic rings. The minimum atomic E-state index is -0.928. The number of pyridine rings is 1. The van der Waals surface area contributed by atoms with Gasteiger partial charge in [-0.05, 0) is 60.9 Å². The minimum absolute atomic E-state index is 0.320. The van der Waals surface area contributed by atoms with E-state index in [0.717, 1.165) is 23.3 Å². The second-order valence-corrected chi connectivity index (χ2v) is 5.70. The number of carbonyl (C=O) groups is 1. The van der Waals surface area contributed by atoms with Crippen LogP contribution < -0.4 is 4.74 Å². The van der Waals surface area contributed by atoms with Gasteiger partial charge in [0.25, 0.3) is 0 Å². The molecule has 0 fully saturated rings. The van der Waals surface area contributed by atoms with E-state index in [4.69, 9.17) is 9.72 Å². The van der Waals surface area contributed by atoms with Gasteiger partial charge in [-0.3, -0.25) is 0 Å². The summed E-state index contributed by atoms with van der Waals surface area (Å²) in [5, 5.41) is 10.4. The number of rotatable bonds is 4. The van der Waals surface area contributed by atoms with Gasteiger partial charge in [0.1, 0.15) is 5.75 Å². The normalized spacial score (nSPS) is 10.8. The number of methoxy groups -OCH3 is 1. The molecule has 1 heterocycles. The number of aromatic carboxylic acids is 1. The second kappa shape index (κ2) is 6.32. The molecule has 0 bridgehead atoms. The molecule has 1 N–H and O–H groups in total. The highest BCUT2D eigenvalue weighted by Gasteiger charge is 2.18. The molecule has 3 rings (SSSR count). The molecule has 4 nitrogen and oxygen atoms in total. The van der Waals surface area contributed by atoms with E-state index >= 15 is 0 Å². The molecule has 0 aliphatic rings. The summed E-state index contributed by atoms with van der Waals surface area (Å²) in [6.07, 6.45) is 0.855. The Labute approximate surface area is 140 Å². The molecule has 0 aliphatic carbocycles. The Kier molecular flexibility index (Phi) is 4.21. The standard InChI is InChI=1S/C20H19NO3/c1-4-13-5-10-17-16(11-13)18(20(22)23)12(2)19(21-17)14-6-8-15(24-3)9-7-14/h5-11H,4H2,1-3H3,(H,22,23). The molecule has 0 aliphatic heterocycles. The van der Waals surface area contributed by atoms with E-state index in [2.05, 4.69) is 0 Å². The molecule has 0 saturated carbocycles. The van der Waals surface area contributed by atoms with Crippen LogP contribution in [0.5, 0.6) is 5.75 Å². The van der Waals surface area contributed by atoms with Crippen molar-refractivity contribution in [3.8, 4) is 17.0 Å². The number of aryl methyl sites for hydroxylation is 1. The molecule has 0 spiro atoms. The molecule has 0 amide bonds. The Balaban J connectivity index is 2.29. The number of carboxylic acid groups (broad SMARTS) is 1. The Hall–Kier alpha value is -2.88. The lowest BCUT2D eigenvalue weighted by Crippen LogP contribution is -2.05. The van der Waals surface area contributed by atoms with Gasteiger partial charge in [0, 0.05) is 10.9 Å². The van der Waals surface area contributed by atoms with Crippen molar-refractivity contribution in [3.05, 3.63) is 59.2 Å². The summed E-state index contributed by atoms with van der Waals surface area (Å²) < 4.78 is 5.18. The molecule has 1 aromatic heterocycles. The number of nitrogens with zero attached hydrogens (tertiary/aromatic N) is 1. The van der Waals surface area contributed by atoms with Crippen LogP contribution in [0, 0.1) is 6.92 Å². The average Bonchev–Trinajstić information content (AvgIpc) is 2.60. The second-order valence-electron chi connectivity index (χ2n) is 5.70. The van der Waals surface area contributed by atoms with E-state index in [1.807, 2.05) is 56.3 Å². The third kappa shape index (κ3) is 2.71. The van der Waals surface area contributed by atoms with Crippen LogP contribution in [-0.4, -0.2) is 23.2 Å². The molecule has 2 aromatic carbocycles. The third-order valence-electron chi connectivity index (χ3n) is 4.28. The van der Waals surface area contributed by atoms with Crippen LogP contribution in [0.3, 0.4) is 0 Å². The highest BCUT2D eigenvalue weighted by molar-refractivity contribution is 6.05. The van der Waals surface area contributed by atoms with E-state index in [0.29, 0.717) is 27.7 Å². The number of ether oxygens (including phenoxy) is 1. The molecular formula is C20H19NO3. The maximum absolute atomic E-state index is 11.9. The number of benzene rings is 2. The van der Waals surface area contributed by atoms with Crippen LogP contribution in [0.25, 0.3) is 22.2 Å². The SMILES string of the molecule is CCc1ccc2nc(-c3ccc(OC)cc3)c(C)c(C(=O)O)c2c1. The van der Waals surface area contributed by atoms with E-state index in [1.165, 1.54) is 0 Å². The first-order valence-electron chi connectivity index (χ1n) is 7.86. The Morgan fingerprint density at radius 3 is 2.46 bits per heavy atom. The maximum Gasteiger partial charge on any atom is 0.336 e. The number of fused-ring (bicyclic) bond motifs is 1. The number of hydrogen-bond acceptors (Lipinski definition) is 3. The molecule has 0 atom stereocenters. The monoisotopic (exact) mass is 321 g/mol. The van der Waals surface area contributed by atoms with Crippen molar-refractivity contribution in [2.24, 2.45) is 0 Å². The third-order valence-corrected chi connectivity index (χ3v) is 4.28. The number of hydrogen-bond donors (Lipinski definition) is 1. The van der Waals surface area contributed by atoms with Crippen LogP contribution in [0.15, 0.2) is 42.5 Å². The average molecular weight is 321 g/mol. The van der Waals surface area contributed by atoms with Crippen molar-refractivity contribution < 1.29 is 14.6 Å². The summed E-state index contributed by atoms with van der Waals surface area (Å²) in [4.78, 5) is 16.6. The van der Waals surface area contributed by atoms with Gasteiger partial charge in [0.2, 0.25) is 0 Å². The van der Waals surface area contributed by atoms with E-state index in [-0.39, 0.29) is 0 Å². The highest BCUT2D eigenvalue weighted by atomic mass is 16.5. The topological polar surface area (TPSA) is 59.4 Å². The Bertz CT molecular complexity index is 914. The van der Waals surface area contributed by atoms with E-state index in [9.17, 15) is 9.90 Å². The van der Waals surface area contributed by atoms with Gasteiger partial charge in [0.15, 0.2) is 0 Å². The summed E-state index contributed by atoms with van der Waals surface area (Å²) >= 11 is 0. The Morgan fingerprint density at radius 2 is 1.88 bits per heavy atom. The molecule has 24 heavy (non-hydrogen) atoms. The quantitative estimate of drug-likeness (QED) is 0.769. The fourth-order valence-electron chi connectivity index (χ4n) is 2.93. The minimum Gasteiger partial charge on any atom is -0.497 e. The largest absolute Gasteiger partial charge is 0.497 e. The summed E-state index contributed by atoms with van der Waals surface area (Å²) in [6.45, 7) is 3.86. The van der Waals surface area contributed by atoms with Crippen LogP contribution in [0.2, 0.25) is 0 Å². The van der Waals surface area contributed by atoms with Gasteiger partial charge in [-0.1, -0.05) is 13.0 Å². The zero-order chi connectivity index (χ0) is 17.3. The smallest absolute Gasteiger partial charge is 0.336 e. The fraction of sp³-hybridized carbons (Fsp3) is 0.200. The predicted molar refractivity (Wildman–Crippen MR) is 94.8 cm³/mol. The van der Waals surface area contributed by atoms with Crippen LogP contribution >= 0.6 is 0 Å².